The van der Waals surface area contributed by atoms with Gasteiger partial charge in [0, 0.05) is 45.5 Å². The molecule has 0 radical (unpaired) electrons. The minimum atomic E-state index is -0.0464. The average Bonchev–Trinajstić information content (AvgIpc) is 3.42. The van der Waals surface area contributed by atoms with Crippen molar-refractivity contribution in [2.24, 2.45) is 0 Å². The third-order valence-corrected chi connectivity index (χ3v) is 5.83. The SMILES string of the molecule is CCn1c(-c2nonc2N)nc2cncc(C(=O)N3CCN(Cc4ccccc4)CC3)c21. The summed E-state index contributed by atoms with van der Waals surface area (Å²) in [5, 5.41) is 7.53. The lowest BCUT2D eigenvalue weighted by Gasteiger charge is -2.34. The van der Waals surface area contributed by atoms with E-state index in [4.69, 9.17) is 10.4 Å². The zero-order valence-corrected chi connectivity index (χ0v) is 17.8. The van der Waals surface area contributed by atoms with Crippen molar-refractivity contribution in [3.05, 3.63) is 53.9 Å². The first-order valence-electron chi connectivity index (χ1n) is 10.6. The molecule has 1 aromatic carbocycles. The molecule has 1 fully saturated rings. The van der Waals surface area contributed by atoms with Crippen molar-refractivity contribution < 1.29 is 9.42 Å². The maximum absolute atomic E-state index is 13.5. The smallest absolute Gasteiger partial charge is 0.257 e. The van der Waals surface area contributed by atoms with Gasteiger partial charge in [-0.25, -0.2) is 9.61 Å². The highest BCUT2D eigenvalue weighted by Crippen LogP contribution is 2.28. The molecule has 2 N–H and O–H groups in total. The number of hydrogen-bond donors (Lipinski definition) is 1. The second-order valence-electron chi connectivity index (χ2n) is 7.79. The summed E-state index contributed by atoms with van der Waals surface area (Å²) in [6.45, 7) is 6.41. The van der Waals surface area contributed by atoms with Gasteiger partial charge in [0.2, 0.25) is 0 Å². The third kappa shape index (κ3) is 3.58. The molecule has 0 bridgehead atoms. The largest absolute Gasteiger partial charge is 0.379 e. The van der Waals surface area contributed by atoms with E-state index in [0.717, 1.165) is 25.2 Å². The quantitative estimate of drug-likeness (QED) is 0.509. The normalized spacial score (nSPS) is 14.8. The topological polar surface area (TPSA) is 119 Å². The molecule has 4 heterocycles. The van der Waals surface area contributed by atoms with Gasteiger partial charge in [-0.15, -0.1) is 0 Å². The Labute approximate surface area is 184 Å². The molecule has 0 saturated carbocycles. The minimum absolute atomic E-state index is 0.0464. The monoisotopic (exact) mass is 432 g/mol. The molecular weight excluding hydrogens is 408 g/mol. The van der Waals surface area contributed by atoms with Gasteiger partial charge in [0.25, 0.3) is 5.91 Å². The summed E-state index contributed by atoms with van der Waals surface area (Å²) in [6.07, 6.45) is 3.26. The number of pyridine rings is 1. The van der Waals surface area contributed by atoms with Crippen LogP contribution in [-0.2, 0) is 13.1 Å². The van der Waals surface area contributed by atoms with Crippen LogP contribution >= 0.6 is 0 Å². The highest BCUT2D eigenvalue weighted by Gasteiger charge is 2.27. The number of benzene rings is 1. The van der Waals surface area contributed by atoms with Crippen molar-refractivity contribution >= 4 is 22.8 Å². The molecule has 1 amide bonds. The van der Waals surface area contributed by atoms with E-state index >= 15 is 0 Å². The van der Waals surface area contributed by atoms with Gasteiger partial charge in [0.15, 0.2) is 17.3 Å². The molecule has 4 aromatic rings. The highest BCUT2D eigenvalue weighted by molar-refractivity contribution is 6.05. The number of carbonyl (C=O) groups is 1. The van der Waals surface area contributed by atoms with Gasteiger partial charge in [-0.05, 0) is 22.8 Å². The van der Waals surface area contributed by atoms with Gasteiger partial charge in [-0.1, -0.05) is 30.3 Å². The molecule has 0 spiro atoms. The van der Waals surface area contributed by atoms with E-state index in [1.807, 2.05) is 22.5 Å². The molecule has 10 heteroatoms. The van der Waals surface area contributed by atoms with Crippen LogP contribution in [0.3, 0.4) is 0 Å². The number of nitrogens with two attached hydrogens (primary N) is 1. The van der Waals surface area contributed by atoms with E-state index in [2.05, 4.69) is 49.4 Å². The lowest BCUT2D eigenvalue weighted by atomic mass is 10.1. The molecule has 1 aliphatic heterocycles. The number of nitrogen functional groups attached to an aromatic ring is 1. The second kappa shape index (κ2) is 8.39. The summed E-state index contributed by atoms with van der Waals surface area (Å²) < 4.78 is 6.66. The summed E-state index contributed by atoms with van der Waals surface area (Å²) >= 11 is 0. The van der Waals surface area contributed by atoms with Crippen molar-refractivity contribution in [1.82, 2.24) is 34.6 Å². The van der Waals surface area contributed by atoms with Crippen molar-refractivity contribution in [1.29, 1.82) is 0 Å². The number of hydrogen-bond acceptors (Lipinski definition) is 8. The molecule has 0 atom stereocenters. The van der Waals surface area contributed by atoms with Crippen LogP contribution in [0.2, 0.25) is 0 Å². The average molecular weight is 432 g/mol. The maximum atomic E-state index is 13.5. The van der Waals surface area contributed by atoms with Gasteiger partial charge in [-0.3, -0.25) is 14.7 Å². The standard InChI is InChI=1S/C22H24N8O2/c1-2-30-19-16(12-24-13-17(19)25-21(30)18-20(23)27-32-26-18)22(31)29-10-8-28(9-11-29)14-15-6-4-3-5-7-15/h3-7,12-13H,2,8-11,14H2,1H3,(H2,23,27). The van der Waals surface area contributed by atoms with Crippen LogP contribution in [-0.4, -0.2) is 66.7 Å². The number of imidazole rings is 1. The van der Waals surface area contributed by atoms with E-state index in [1.165, 1.54) is 5.56 Å². The Bertz CT molecular complexity index is 1240. The summed E-state index contributed by atoms with van der Waals surface area (Å²) in [7, 11) is 0. The summed E-state index contributed by atoms with van der Waals surface area (Å²) in [5.41, 5.74) is 9.37. The Balaban J connectivity index is 1.40. The first-order valence-corrected chi connectivity index (χ1v) is 10.6. The second-order valence-corrected chi connectivity index (χ2v) is 7.79. The van der Waals surface area contributed by atoms with E-state index in [1.54, 1.807) is 12.4 Å². The summed E-state index contributed by atoms with van der Waals surface area (Å²) in [4.78, 5) is 26.6. The third-order valence-electron chi connectivity index (χ3n) is 5.83. The lowest BCUT2D eigenvalue weighted by molar-refractivity contribution is 0.0629. The highest BCUT2D eigenvalue weighted by atomic mass is 16.6. The van der Waals surface area contributed by atoms with Crippen LogP contribution < -0.4 is 5.73 Å². The molecule has 1 aliphatic rings. The number of anilines is 1. The molecule has 5 rings (SSSR count). The van der Waals surface area contributed by atoms with Gasteiger partial charge in [0.05, 0.1) is 17.3 Å². The Morgan fingerprint density at radius 3 is 2.56 bits per heavy atom. The van der Waals surface area contributed by atoms with Crippen LogP contribution in [0.5, 0.6) is 0 Å². The summed E-state index contributed by atoms with van der Waals surface area (Å²) in [6, 6.07) is 10.4. The van der Waals surface area contributed by atoms with Crippen LogP contribution in [0.15, 0.2) is 47.4 Å². The van der Waals surface area contributed by atoms with Gasteiger partial charge in [0.1, 0.15) is 5.52 Å². The fourth-order valence-corrected chi connectivity index (χ4v) is 4.21. The number of carbonyl (C=O) groups excluding carboxylic acids is 1. The van der Waals surface area contributed by atoms with Crippen LogP contribution in [0, 0.1) is 0 Å². The fourth-order valence-electron chi connectivity index (χ4n) is 4.21. The number of fused-ring (bicyclic) bond motifs is 1. The van der Waals surface area contributed by atoms with Crippen LogP contribution in [0.1, 0.15) is 22.8 Å². The Kier molecular flexibility index (Phi) is 5.28. The van der Waals surface area contributed by atoms with Crippen molar-refractivity contribution in [2.75, 3.05) is 31.9 Å². The van der Waals surface area contributed by atoms with Crippen molar-refractivity contribution in [2.45, 2.75) is 20.0 Å². The maximum Gasteiger partial charge on any atom is 0.257 e. The Morgan fingerprint density at radius 2 is 1.88 bits per heavy atom. The van der Waals surface area contributed by atoms with E-state index in [9.17, 15) is 4.79 Å². The Hall–Kier alpha value is -3.79. The molecule has 1 saturated heterocycles. The Morgan fingerprint density at radius 1 is 1.09 bits per heavy atom. The van der Waals surface area contributed by atoms with Crippen LogP contribution in [0.25, 0.3) is 22.6 Å². The van der Waals surface area contributed by atoms with E-state index in [0.29, 0.717) is 42.2 Å². The van der Waals surface area contributed by atoms with Gasteiger partial charge < -0.3 is 15.2 Å². The predicted molar refractivity (Wildman–Crippen MR) is 119 cm³/mol. The fraction of sp³-hybridized carbons (Fsp3) is 0.318. The molecule has 164 valence electrons. The number of aromatic nitrogens is 5. The first-order chi connectivity index (χ1) is 15.7. The van der Waals surface area contributed by atoms with Crippen molar-refractivity contribution in [3.8, 4) is 11.5 Å². The van der Waals surface area contributed by atoms with Crippen molar-refractivity contribution in [3.63, 3.8) is 0 Å². The molecule has 0 unspecified atom stereocenters. The number of nitrogens with zero attached hydrogens (tertiary/aromatic N) is 7. The molecule has 32 heavy (non-hydrogen) atoms. The number of amides is 1. The van der Waals surface area contributed by atoms with E-state index in [-0.39, 0.29) is 11.7 Å². The lowest BCUT2D eigenvalue weighted by Crippen LogP contribution is -2.48. The van der Waals surface area contributed by atoms with Gasteiger partial charge in [-0.2, -0.15) is 0 Å². The molecular formula is C22H24N8O2. The van der Waals surface area contributed by atoms with Gasteiger partial charge >= 0.3 is 0 Å². The van der Waals surface area contributed by atoms with E-state index < -0.39 is 0 Å². The van der Waals surface area contributed by atoms with Crippen LogP contribution in [0.4, 0.5) is 5.82 Å². The number of piperazine rings is 1. The zero-order valence-electron chi connectivity index (χ0n) is 17.8. The molecule has 10 nitrogen and oxygen atoms in total. The predicted octanol–water partition coefficient (Wildman–Crippen LogP) is 2.04. The zero-order chi connectivity index (χ0) is 22.1. The number of rotatable bonds is 5. The number of aryl methyl sites for hydroxylation is 1. The molecule has 0 aliphatic carbocycles. The minimum Gasteiger partial charge on any atom is -0.379 e. The molecule has 3 aromatic heterocycles. The first kappa shape index (κ1) is 20.1. The summed E-state index contributed by atoms with van der Waals surface area (Å²) in [5.74, 6) is 0.622.